The number of aldehydes is 1. The van der Waals surface area contributed by atoms with Crippen LogP contribution in [0.3, 0.4) is 0 Å². The van der Waals surface area contributed by atoms with E-state index in [4.69, 9.17) is 0 Å². The van der Waals surface area contributed by atoms with Crippen LogP contribution in [-0.4, -0.2) is 12.5 Å². The molecule has 0 aromatic carbocycles. The Labute approximate surface area is 68.6 Å². The highest BCUT2D eigenvalue weighted by Crippen LogP contribution is 2.24. The summed E-state index contributed by atoms with van der Waals surface area (Å²) in [5.41, 5.74) is 2.02. The molecule has 0 saturated carbocycles. The Morgan fingerprint density at radius 2 is 2.55 bits per heavy atom. The van der Waals surface area contributed by atoms with Gasteiger partial charge in [0.2, 0.25) is 0 Å². The highest BCUT2D eigenvalue weighted by Gasteiger charge is 2.11. The molecule has 56 valence electrons. The Morgan fingerprint density at radius 3 is 3.36 bits per heavy atom. The van der Waals surface area contributed by atoms with Crippen LogP contribution in [0.5, 0.6) is 0 Å². The average molecular weight is 165 g/mol. The highest BCUT2D eigenvalue weighted by atomic mass is 32.1. The lowest BCUT2D eigenvalue weighted by Gasteiger charge is -2.03. The molecular formula is C8H7NOS. The lowest BCUT2D eigenvalue weighted by molar-refractivity contribution is 0.112. The van der Waals surface area contributed by atoms with Gasteiger partial charge in [0, 0.05) is 28.5 Å². The number of fused-ring (bicyclic) bond motifs is 1. The molecule has 0 radical (unpaired) electrons. The Morgan fingerprint density at radius 1 is 1.64 bits per heavy atom. The molecule has 0 bridgehead atoms. The first-order valence-electron chi connectivity index (χ1n) is 3.44. The highest BCUT2D eigenvalue weighted by molar-refractivity contribution is 7.10. The zero-order valence-corrected chi connectivity index (χ0v) is 6.73. The molecule has 2 nitrogen and oxygen atoms in total. The summed E-state index contributed by atoms with van der Waals surface area (Å²) in [6.07, 6.45) is 3.63. The molecule has 0 fully saturated rings. The molecule has 1 aromatic heterocycles. The molecule has 2 heterocycles. The second-order valence-corrected chi connectivity index (χ2v) is 3.40. The third kappa shape index (κ3) is 1.01. The molecule has 2 rings (SSSR count). The molecule has 0 atom stereocenters. The second kappa shape index (κ2) is 2.58. The molecule has 0 saturated heterocycles. The Hall–Kier alpha value is -0.960. The van der Waals surface area contributed by atoms with Crippen molar-refractivity contribution in [3.63, 3.8) is 0 Å². The fraction of sp³-hybridized carbons (Fsp3) is 0.250. The number of hydrogen-bond acceptors (Lipinski definition) is 3. The van der Waals surface area contributed by atoms with E-state index in [0.29, 0.717) is 0 Å². The molecule has 3 heteroatoms. The van der Waals surface area contributed by atoms with E-state index in [2.05, 4.69) is 4.99 Å². The minimum Gasteiger partial charge on any atom is -0.298 e. The zero-order chi connectivity index (χ0) is 7.68. The summed E-state index contributed by atoms with van der Waals surface area (Å²) in [6, 6.07) is 0. The molecule has 11 heavy (non-hydrogen) atoms. The minimum atomic E-state index is 0.758. The van der Waals surface area contributed by atoms with Gasteiger partial charge >= 0.3 is 0 Å². The fourth-order valence-electron chi connectivity index (χ4n) is 1.20. The van der Waals surface area contributed by atoms with Crippen molar-refractivity contribution >= 4 is 23.8 Å². The van der Waals surface area contributed by atoms with Crippen molar-refractivity contribution in [2.45, 2.75) is 13.0 Å². The van der Waals surface area contributed by atoms with Crippen LogP contribution in [0, 0.1) is 0 Å². The van der Waals surface area contributed by atoms with Gasteiger partial charge in [-0.05, 0) is 5.56 Å². The number of carbonyl (C=O) groups is 1. The van der Waals surface area contributed by atoms with Gasteiger partial charge in [0.15, 0.2) is 6.29 Å². The topological polar surface area (TPSA) is 29.4 Å². The summed E-state index contributed by atoms with van der Waals surface area (Å²) in [5, 5.41) is 1.91. The number of hydrogen-bond donors (Lipinski definition) is 0. The van der Waals surface area contributed by atoms with Crippen LogP contribution >= 0.6 is 11.3 Å². The van der Waals surface area contributed by atoms with Crippen molar-refractivity contribution in [1.82, 2.24) is 0 Å². The second-order valence-electron chi connectivity index (χ2n) is 2.44. The molecule has 1 aliphatic heterocycles. The molecule has 1 aliphatic rings. The first-order chi connectivity index (χ1) is 5.42. The van der Waals surface area contributed by atoms with E-state index in [9.17, 15) is 4.79 Å². The first kappa shape index (κ1) is 6.73. The Kier molecular flexibility index (Phi) is 1.58. The first-order valence-corrected chi connectivity index (χ1v) is 4.32. The number of nitrogens with zero attached hydrogens (tertiary/aromatic N) is 1. The van der Waals surface area contributed by atoms with Crippen molar-refractivity contribution in [1.29, 1.82) is 0 Å². The van der Waals surface area contributed by atoms with E-state index in [1.54, 1.807) is 11.3 Å². The van der Waals surface area contributed by atoms with Crippen LogP contribution in [0.2, 0.25) is 0 Å². The van der Waals surface area contributed by atoms with E-state index in [1.165, 1.54) is 10.4 Å². The Bertz CT molecular complexity index is 314. The van der Waals surface area contributed by atoms with Gasteiger partial charge in [-0.25, -0.2) is 0 Å². The van der Waals surface area contributed by atoms with Crippen molar-refractivity contribution in [2.75, 3.05) is 0 Å². The number of aliphatic imine (C=N–C) groups is 1. The van der Waals surface area contributed by atoms with Gasteiger partial charge in [-0.2, -0.15) is 0 Å². The lowest BCUT2D eigenvalue weighted by Crippen LogP contribution is -1.98. The van der Waals surface area contributed by atoms with Crippen LogP contribution in [0.4, 0.5) is 0 Å². The smallest absolute Gasteiger partial charge is 0.151 e. The molecular weight excluding hydrogens is 158 g/mol. The predicted molar refractivity (Wildman–Crippen MR) is 45.6 cm³/mol. The third-order valence-corrected chi connectivity index (χ3v) is 2.83. The molecule has 0 spiro atoms. The number of rotatable bonds is 1. The van der Waals surface area contributed by atoms with Gasteiger partial charge in [0.05, 0.1) is 6.54 Å². The van der Waals surface area contributed by atoms with Crippen LogP contribution in [0.15, 0.2) is 10.4 Å². The van der Waals surface area contributed by atoms with Crippen LogP contribution in [-0.2, 0) is 13.0 Å². The monoisotopic (exact) mass is 165 g/mol. The van der Waals surface area contributed by atoms with Gasteiger partial charge < -0.3 is 0 Å². The number of carbonyl (C=O) groups excluding carboxylic acids is 1. The van der Waals surface area contributed by atoms with Crippen molar-refractivity contribution in [2.24, 2.45) is 4.99 Å². The summed E-state index contributed by atoms with van der Waals surface area (Å²) < 4.78 is 0. The standard InChI is InChI=1S/C8H7NOS/c10-4-6-5-11-8-3-9-2-1-7(6)8/h2,4-5H,1,3H2. The van der Waals surface area contributed by atoms with Gasteiger partial charge in [-0.1, -0.05) is 0 Å². The molecule has 1 aromatic rings. The van der Waals surface area contributed by atoms with Crippen LogP contribution < -0.4 is 0 Å². The third-order valence-electron chi connectivity index (χ3n) is 1.80. The zero-order valence-electron chi connectivity index (χ0n) is 5.91. The Balaban J connectivity index is 2.50. The summed E-state index contributed by atoms with van der Waals surface area (Å²) in [7, 11) is 0. The molecule has 0 amide bonds. The van der Waals surface area contributed by atoms with Gasteiger partial charge in [0.1, 0.15) is 0 Å². The average Bonchev–Trinajstić information content (AvgIpc) is 2.47. The van der Waals surface area contributed by atoms with Gasteiger partial charge in [-0.15, -0.1) is 11.3 Å². The fourth-order valence-corrected chi connectivity index (χ4v) is 2.16. The molecule has 0 N–H and O–H groups in total. The van der Waals surface area contributed by atoms with Gasteiger partial charge in [-0.3, -0.25) is 9.79 Å². The van der Waals surface area contributed by atoms with E-state index in [1.807, 2.05) is 11.6 Å². The predicted octanol–water partition coefficient (Wildman–Crippen LogP) is 1.69. The summed E-state index contributed by atoms with van der Waals surface area (Å²) in [6.45, 7) is 0.758. The largest absolute Gasteiger partial charge is 0.298 e. The maximum Gasteiger partial charge on any atom is 0.151 e. The van der Waals surface area contributed by atoms with Crippen molar-refractivity contribution in [3.8, 4) is 0 Å². The molecule has 0 unspecified atom stereocenters. The van der Waals surface area contributed by atoms with E-state index < -0.39 is 0 Å². The number of thiophene rings is 1. The van der Waals surface area contributed by atoms with Crippen molar-refractivity contribution in [3.05, 3.63) is 21.4 Å². The van der Waals surface area contributed by atoms with Gasteiger partial charge in [0.25, 0.3) is 0 Å². The van der Waals surface area contributed by atoms with E-state index >= 15 is 0 Å². The lowest BCUT2D eigenvalue weighted by atomic mass is 10.1. The maximum absolute atomic E-state index is 10.5. The maximum atomic E-state index is 10.5. The normalized spacial score (nSPS) is 14.5. The van der Waals surface area contributed by atoms with E-state index in [0.717, 1.165) is 24.8 Å². The quantitative estimate of drug-likeness (QED) is 0.582. The van der Waals surface area contributed by atoms with E-state index in [-0.39, 0.29) is 0 Å². The molecule has 0 aliphatic carbocycles. The summed E-state index contributed by atoms with van der Waals surface area (Å²) in [4.78, 5) is 15.9. The van der Waals surface area contributed by atoms with Crippen LogP contribution in [0.1, 0.15) is 20.8 Å². The summed E-state index contributed by atoms with van der Waals surface area (Å²) in [5.74, 6) is 0. The summed E-state index contributed by atoms with van der Waals surface area (Å²) >= 11 is 1.63. The van der Waals surface area contributed by atoms with Crippen LogP contribution in [0.25, 0.3) is 0 Å². The minimum absolute atomic E-state index is 0.758. The SMILES string of the molecule is O=Cc1csc2c1CC=NC2. The van der Waals surface area contributed by atoms with Crippen molar-refractivity contribution < 1.29 is 4.79 Å².